The van der Waals surface area contributed by atoms with Crippen LogP contribution in [0, 0.1) is 17.5 Å². The van der Waals surface area contributed by atoms with Crippen LogP contribution in [-0.4, -0.2) is 8.42 Å². The van der Waals surface area contributed by atoms with Gasteiger partial charge < -0.3 is 5.73 Å². The van der Waals surface area contributed by atoms with Gasteiger partial charge >= 0.3 is 0 Å². The lowest BCUT2D eigenvalue weighted by atomic mass is 9.88. The first kappa shape index (κ1) is 16.8. The Morgan fingerprint density at radius 2 is 1.83 bits per heavy atom. The molecular weight excluding hydrogens is 341 g/mol. The molecule has 2 aromatic rings. The number of fused-ring (bicyclic) bond motifs is 1. The number of aryl methyl sites for hydroxylation is 1. The van der Waals surface area contributed by atoms with Gasteiger partial charge in [0.1, 0.15) is 4.90 Å². The minimum absolute atomic E-state index is 0.515. The van der Waals surface area contributed by atoms with E-state index in [0.29, 0.717) is 24.2 Å². The molecule has 3 rings (SSSR count). The number of anilines is 1. The molecule has 1 atom stereocenters. The number of rotatable bonds is 3. The molecule has 0 heterocycles. The number of sulfonamides is 1. The van der Waals surface area contributed by atoms with Crippen LogP contribution in [0.2, 0.25) is 0 Å². The molecule has 8 heteroatoms. The zero-order valence-electron chi connectivity index (χ0n) is 12.5. The van der Waals surface area contributed by atoms with Crippen molar-refractivity contribution in [2.45, 2.75) is 30.2 Å². The van der Waals surface area contributed by atoms with E-state index < -0.39 is 38.4 Å². The van der Waals surface area contributed by atoms with Gasteiger partial charge in [0.05, 0.1) is 0 Å². The second-order valence-corrected chi connectivity index (χ2v) is 7.38. The monoisotopic (exact) mass is 356 g/mol. The zero-order chi connectivity index (χ0) is 17.5. The van der Waals surface area contributed by atoms with Crippen molar-refractivity contribution in [1.29, 1.82) is 0 Å². The van der Waals surface area contributed by atoms with E-state index in [1.807, 2.05) is 0 Å². The highest BCUT2D eigenvalue weighted by Gasteiger charge is 2.29. The number of nitrogens with one attached hydrogen (secondary N) is 1. The summed E-state index contributed by atoms with van der Waals surface area (Å²) in [5, 5.41) is 0. The van der Waals surface area contributed by atoms with Crippen molar-refractivity contribution in [3.63, 3.8) is 0 Å². The highest BCUT2D eigenvalue weighted by molar-refractivity contribution is 7.89. The third kappa shape index (κ3) is 2.99. The Balaban J connectivity index is 1.96. The normalized spacial score (nSPS) is 17.5. The summed E-state index contributed by atoms with van der Waals surface area (Å²) in [4.78, 5) is -0.913. The maximum absolute atomic E-state index is 13.8. The summed E-state index contributed by atoms with van der Waals surface area (Å²) in [6, 6.07) is 5.87. The number of halogens is 3. The summed E-state index contributed by atoms with van der Waals surface area (Å²) in [6.07, 6.45) is 2.00. The Kier molecular flexibility index (Phi) is 4.27. The van der Waals surface area contributed by atoms with Crippen LogP contribution >= 0.6 is 0 Å². The van der Waals surface area contributed by atoms with E-state index >= 15 is 0 Å². The standard InChI is InChI=1S/C16H15F3N2O2S/c17-12-6-7-14(16(19)15(12)18)24(22,23)21-13-3-1-2-9-8-10(20)4-5-11(9)13/h4-8,13,21H,1-3,20H2. The summed E-state index contributed by atoms with van der Waals surface area (Å²) in [5.41, 5.74) is 7.97. The Bertz CT molecular complexity index is 900. The molecule has 1 aliphatic carbocycles. The van der Waals surface area contributed by atoms with E-state index in [1.165, 1.54) is 0 Å². The third-order valence-corrected chi connectivity index (χ3v) is 5.56. The van der Waals surface area contributed by atoms with E-state index in [2.05, 4.69) is 4.72 Å². The summed E-state index contributed by atoms with van der Waals surface area (Å²) in [7, 11) is -4.35. The minimum Gasteiger partial charge on any atom is -0.399 e. The van der Waals surface area contributed by atoms with Crippen LogP contribution in [0.15, 0.2) is 35.2 Å². The summed E-state index contributed by atoms with van der Waals surface area (Å²) in [6.45, 7) is 0. The molecule has 24 heavy (non-hydrogen) atoms. The van der Waals surface area contributed by atoms with Gasteiger partial charge in [0.25, 0.3) is 0 Å². The number of hydrogen-bond acceptors (Lipinski definition) is 3. The number of hydrogen-bond donors (Lipinski definition) is 2. The lowest BCUT2D eigenvalue weighted by Gasteiger charge is -2.26. The van der Waals surface area contributed by atoms with Crippen molar-refractivity contribution < 1.29 is 21.6 Å². The third-order valence-electron chi connectivity index (χ3n) is 4.07. The maximum atomic E-state index is 13.8. The van der Waals surface area contributed by atoms with Crippen LogP contribution in [0.3, 0.4) is 0 Å². The fraction of sp³-hybridized carbons (Fsp3) is 0.250. The van der Waals surface area contributed by atoms with Gasteiger partial charge in [-0.3, -0.25) is 0 Å². The molecule has 0 amide bonds. The SMILES string of the molecule is Nc1ccc2c(c1)CCCC2NS(=O)(=O)c1ccc(F)c(F)c1F. The molecular formula is C16H15F3N2O2S. The molecule has 1 aliphatic rings. The van der Waals surface area contributed by atoms with E-state index in [1.54, 1.807) is 18.2 Å². The van der Waals surface area contributed by atoms with E-state index in [4.69, 9.17) is 5.73 Å². The first-order chi connectivity index (χ1) is 11.3. The number of nitrogen functional groups attached to an aromatic ring is 1. The molecule has 128 valence electrons. The quantitative estimate of drug-likeness (QED) is 0.656. The Labute approximate surface area is 137 Å². The van der Waals surface area contributed by atoms with E-state index in [-0.39, 0.29) is 0 Å². The molecule has 1 unspecified atom stereocenters. The fourth-order valence-corrected chi connectivity index (χ4v) is 4.24. The van der Waals surface area contributed by atoms with Crippen LogP contribution in [0.4, 0.5) is 18.9 Å². The molecule has 0 saturated carbocycles. The predicted octanol–water partition coefficient (Wildman–Crippen LogP) is 3.04. The maximum Gasteiger partial charge on any atom is 0.244 e. The Hall–Kier alpha value is -2.06. The largest absolute Gasteiger partial charge is 0.399 e. The van der Waals surface area contributed by atoms with Crippen LogP contribution in [0.1, 0.15) is 30.0 Å². The smallest absolute Gasteiger partial charge is 0.244 e. The van der Waals surface area contributed by atoms with Crippen molar-refractivity contribution in [3.05, 3.63) is 58.9 Å². The highest BCUT2D eigenvalue weighted by atomic mass is 32.2. The van der Waals surface area contributed by atoms with Crippen molar-refractivity contribution >= 4 is 15.7 Å². The highest BCUT2D eigenvalue weighted by Crippen LogP contribution is 2.32. The lowest BCUT2D eigenvalue weighted by molar-refractivity contribution is 0.430. The van der Waals surface area contributed by atoms with Gasteiger partial charge in [0, 0.05) is 11.7 Å². The number of benzene rings is 2. The first-order valence-electron chi connectivity index (χ1n) is 7.34. The van der Waals surface area contributed by atoms with Crippen molar-refractivity contribution in [2.24, 2.45) is 0 Å². The molecule has 4 nitrogen and oxygen atoms in total. The Morgan fingerprint density at radius 1 is 1.08 bits per heavy atom. The van der Waals surface area contributed by atoms with Crippen molar-refractivity contribution in [1.82, 2.24) is 4.72 Å². The summed E-state index contributed by atoms with van der Waals surface area (Å²) < 4.78 is 67.3. The molecule has 0 radical (unpaired) electrons. The zero-order valence-corrected chi connectivity index (χ0v) is 13.3. The van der Waals surface area contributed by atoms with Crippen LogP contribution < -0.4 is 10.5 Å². The second-order valence-electron chi connectivity index (χ2n) is 5.70. The second kappa shape index (κ2) is 6.10. The molecule has 0 aliphatic heterocycles. The predicted molar refractivity (Wildman–Crippen MR) is 83.2 cm³/mol. The van der Waals surface area contributed by atoms with Gasteiger partial charge in [-0.15, -0.1) is 0 Å². The Morgan fingerprint density at radius 3 is 2.58 bits per heavy atom. The van der Waals surface area contributed by atoms with E-state index in [0.717, 1.165) is 24.0 Å². The van der Waals surface area contributed by atoms with Crippen molar-refractivity contribution in [3.8, 4) is 0 Å². The molecule has 0 fully saturated rings. The molecule has 3 N–H and O–H groups in total. The van der Waals surface area contributed by atoms with Crippen LogP contribution in [-0.2, 0) is 16.4 Å². The molecule has 0 aromatic heterocycles. The summed E-state index contributed by atoms with van der Waals surface area (Å²) in [5.74, 6) is -4.98. The van der Waals surface area contributed by atoms with E-state index in [9.17, 15) is 21.6 Å². The molecule has 0 saturated heterocycles. The molecule has 2 aromatic carbocycles. The van der Waals surface area contributed by atoms with Gasteiger partial charge in [-0.05, 0) is 54.7 Å². The fourth-order valence-electron chi connectivity index (χ4n) is 2.92. The van der Waals surface area contributed by atoms with Gasteiger partial charge in [-0.2, -0.15) is 0 Å². The average molecular weight is 356 g/mol. The van der Waals surface area contributed by atoms with Gasteiger partial charge in [0.15, 0.2) is 17.5 Å². The topological polar surface area (TPSA) is 72.2 Å². The van der Waals surface area contributed by atoms with Crippen molar-refractivity contribution in [2.75, 3.05) is 5.73 Å². The first-order valence-corrected chi connectivity index (χ1v) is 8.82. The van der Waals surface area contributed by atoms with Crippen LogP contribution in [0.5, 0.6) is 0 Å². The summed E-state index contributed by atoms with van der Waals surface area (Å²) >= 11 is 0. The van der Waals surface area contributed by atoms with Gasteiger partial charge in [-0.1, -0.05) is 6.07 Å². The van der Waals surface area contributed by atoms with Crippen LogP contribution in [0.25, 0.3) is 0 Å². The van der Waals surface area contributed by atoms with Gasteiger partial charge in [-0.25, -0.2) is 26.3 Å². The minimum atomic E-state index is -4.35. The van der Waals surface area contributed by atoms with Gasteiger partial charge in [0.2, 0.25) is 10.0 Å². The average Bonchev–Trinajstić information content (AvgIpc) is 2.52. The number of nitrogens with two attached hydrogens (primary N) is 1. The molecule has 0 bridgehead atoms. The molecule has 0 spiro atoms. The lowest BCUT2D eigenvalue weighted by Crippen LogP contribution is -2.31.